The van der Waals surface area contributed by atoms with Gasteiger partial charge in [-0.25, -0.2) is 0 Å². The molecular weight excluding hydrogens is 262 g/mol. The van der Waals surface area contributed by atoms with E-state index in [-0.39, 0.29) is 18.4 Å². The molecule has 0 spiro atoms. The van der Waals surface area contributed by atoms with Gasteiger partial charge in [-0.3, -0.25) is 9.59 Å². The average molecular weight is 276 g/mol. The van der Waals surface area contributed by atoms with Crippen molar-refractivity contribution in [2.24, 2.45) is 5.92 Å². The number of rotatable bonds is 2. The van der Waals surface area contributed by atoms with E-state index in [1.54, 1.807) is 0 Å². The Labute approximate surface area is 97.1 Å². The van der Waals surface area contributed by atoms with Gasteiger partial charge in [-0.05, 0) is 20.8 Å². The highest BCUT2D eigenvalue weighted by molar-refractivity contribution is 9.11. The summed E-state index contributed by atoms with van der Waals surface area (Å²) >= 11 is 3.32. The van der Waals surface area contributed by atoms with E-state index in [2.05, 4.69) is 15.9 Å². The zero-order valence-corrected chi connectivity index (χ0v) is 10.5. The molecule has 0 saturated carbocycles. The molecule has 0 aliphatic carbocycles. The van der Waals surface area contributed by atoms with Crippen molar-refractivity contribution in [3.63, 3.8) is 0 Å². The molecule has 0 saturated heterocycles. The first-order valence-electron chi connectivity index (χ1n) is 4.77. The third-order valence-electron chi connectivity index (χ3n) is 2.49. The summed E-state index contributed by atoms with van der Waals surface area (Å²) in [6.07, 6.45) is 0.253. The molecule has 15 heavy (non-hydrogen) atoms. The van der Waals surface area contributed by atoms with Crippen molar-refractivity contribution in [1.29, 1.82) is 0 Å². The number of carbonyl (C=O) groups excluding carboxylic acids is 1. The molecule has 0 fully saturated rings. The number of amides is 1. The fourth-order valence-electron chi connectivity index (χ4n) is 1.71. The summed E-state index contributed by atoms with van der Waals surface area (Å²) in [6, 6.07) is -0.0211. The van der Waals surface area contributed by atoms with E-state index in [0.29, 0.717) is 0 Å². The van der Waals surface area contributed by atoms with E-state index in [1.807, 2.05) is 20.8 Å². The van der Waals surface area contributed by atoms with Crippen LogP contribution >= 0.6 is 15.9 Å². The lowest BCUT2D eigenvalue weighted by Crippen LogP contribution is -2.45. The van der Waals surface area contributed by atoms with Crippen LogP contribution in [-0.4, -0.2) is 27.9 Å². The molecule has 1 heterocycles. The van der Waals surface area contributed by atoms with Gasteiger partial charge in [0.15, 0.2) is 0 Å². The molecule has 84 valence electrons. The van der Waals surface area contributed by atoms with Crippen molar-refractivity contribution >= 4 is 27.8 Å². The summed E-state index contributed by atoms with van der Waals surface area (Å²) in [6.45, 7) is 5.55. The van der Waals surface area contributed by atoms with E-state index >= 15 is 0 Å². The maximum absolute atomic E-state index is 11.9. The van der Waals surface area contributed by atoms with Gasteiger partial charge < -0.3 is 10.0 Å². The summed E-state index contributed by atoms with van der Waals surface area (Å²) in [5.41, 5.74) is 0.813. The Morgan fingerprint density at radius 1 is 1.60 bits per heavy atom. The molecular formula is C10H14BrNO3. The fraction of sp³-hybridized carbons (Fsp3) is 0.600. The van der Waals surface area contributed by atoms with Crippen LogP contribution < -0.4 is 0 Å². The molecule has 1 rings (SSSR count). The Kier molecular flexibility index (Phi) is 3.54. The Morgan fingerprint density at radius 3 is 2.53 bits per heavy atom. The van der Waals surface area contributed by atoms with Crippen molar-refractivity contribution in [3.05, 3.63) is 10.2 Å². The van der Waals surface area contributed by atoms with Gasteiger partial charge in [0, 0.05) is 22.6 Å². The first kappa shape index (κ1) is 12.2. The minimum Gasteiger partial charge on any atom is -0.481 e. The maximum atomic E-state index is 11.9. The zero-order chi connectivity index (χ0) is 11.7. The number of carbonyl (C=O) groups is 2. The van der Waals surface area contributed by atoms with Gasteiger partial charge in [0.2, 0.25) is 5.91 Å². The van der Waals surface area contributed by atoms with Crippen molar-refractivity contribution in [2.45, 2.75) is 33.2 Å². The molecule has 0 aromatic heterocycles. The number of hydrogen-bond donors (Lipinski definition) is 1. The first-order chi connectivity index (χ1) is 6.86. The second kappa shape index (κ2) is 4.35. The highest BCUT2D eigenvalue weighted by Gasteiger charge is 2.37. The molecule has 1 aliphatic rings. The van der Waals surface area contributed by atoms with Crippen LogP contribution in [-0.2, 0) is 9.59 Å². The lowest BCUT2D eigenvalue weighted by molar-refractivity contribution is -0.151. The topological polar surface area (TPSA) is 57.6 Å². The molecule has 0 aromatic rings. The molecule has 1 aliphatic heterocycles. The molecule has 0 radical (unpaired) electrons. The standard InChI is InChI=1S/C10H14BrNO3/c1-5(2)12-6(3)8(11)4-7(9(12)13)10(14)15/h5,7H,4H2,1-3H3,(H,14,15). The first-order valence-corrected chi connectivity index (χ1v) is 5.56. The number of allylic oxidation sites excluding steroid dienone is 2. The second-order valence-corrected chi connectivity index (χ2v) is 4.84. The Morgan fingerprint density at radius 2 is 2.13 bits per heavy atom. The number of halogens is 1. The lowest BCUT2D eigenvalue weighted by atomic mass is 9.97. The number of nitrogens with zero attached hydrogens (tertiary/aromatic N) is 1. The zero-order valence-electron chi connectivity index (χ0n) is 8.95. The average Bonchev–Trinajstić information content (AvgIpc) is 2.10. The van der Waals surface area contributed by atoms with Crippen molar-refractivity contribution < 1.29 is 14.7 Å². The molecule has 0 bridgehead atoms. The Bertz CT molecular complexity index is 336. The third-order valence-corrected chi connectivity index (χ3v) is 3.38. The lowest BCUT2D eigenvalue weighted by Gasteiger charge is -2.34. The predicted octanol–water partition coefficient (Wildman–Crippen LogP) is 1.95. The van der Waals surface area contributed by atoms with Crippen LogP contribution in [0.1, 0.15) is 27.2 Å². The molecule has 1 amide bonds. The largest absolute Gasteiger partial charge is 0.481 e. The van der Waals surface area contributed by atoms with Crippen LogP contribution in [0.25, 0.3) is 0 Å². The van der Waals surface area contributed by atoms with E-state index in [1.165, 1.54) is 4.90 Å². The minimum absolute atomic E-state index is 0.0211. The molecule has 0 aromatic carbocycles. The van der Waals surface area contributed by atoms with Gasteiger partial charge in [-0.1, -0.05) is 15.9 Å². The van der Waals surface area contributed by atoms with Gasteiger partial charge in [-0.2, -0.15) is 0 Å². The van der Waals surface area contributed by atoms with Gasteiger partial charge in [0.25, 0.3) is 0 Å². The fourth-order valence-corrected chi connectivity index (χ4v) is 2.23. The Hall–Kier alpha value is -0.840. The van der Waals surface area contributed by atoms with E-state index < -0.39 is 11.9 Å². The van der Waals surface area contributed by atoms with Gasteiger partial charge in [-0.15, -0.1) is 0 Å². The molecule has 1 unspecified atom stereocenters. The highest BCUT2D eigenvalue weighted by Crippen LogP contribution is 2.32. The van der Waals surface area contributed by atoms with Gasteiger partial charge >= 0.3 is 5.97 Å². The highest BCUT2D eigenvalue weighted by atomic mass is 79.9. The summed E-state index contributed by atoms with van der Waals surface area (Å²) < 4.78 is 0.795. The van der Waals surface area contributed by atoms with E-state index in [4.69, 9.17) is 5.11 Å². The number of aliphatic carboxylic acids is 1. The monoisotopic (exact) mass is 275 g/mol. The minimum atomic E-state index is -1.06. The third kappa shape index (κ3) is 2.22. The van der Waals surface area contributed by atoms with Crippen LogP contribution in [0.5, 0.6) is 0 Å². The summed E-state index contributed by atoms with van der Waals surface area (Å²) in [5.74, 6) is -2.33. The molecule has 5 heteroatoms. The SMILES string of the molecule is CC1=C(Br)CC(C(=O)O)C(=O)N1C(C)C. The van der Waals surface area contributed by atoms with E-state index in [0.717, 1.165) is 10.2 Å². The molecule has 4 nitrogen and oxygen atoms in total. The van der Waals surface area contributed by atoms with Crippen LogP contribution in [0.3, 0.4) is 0 Å². The van der Waals surface area contributed by atoms with Crippen LogP contribution in [0, 0.1) is 5.92 Å². The normalized spacial score (nSPS) is 22.6. The Balaban J connectivity index is 3.11. The van der Waals surface area contributed by atoms with Crippen molar-refractivity contribution in [2.75, 3.05) is 0 Å². The number of carboxylic acid groups (broad SMARTS) is 1. The molecule has 1 atom stereocenters. The molecule has 1 N–H and O–H groups in total. The van der Waals surface area contributed by atoms with Crippen LogP contribution in [0.2, 0.25) is 0 Å². The van der Waals surface area contributed by atoms with Crippen molar-refractivity contribution in [1.82, 2.24) is 4.90 Å². The quantitative estimate of drug-likeness (QED) is 0.784. The summed E-state index contributed by atoms with van der Waals surface area (Å²) in [4.78, 5) is 24.3. The van der Waals surface area contributed by atoms with Gasteiger partial charge in [0.1, 0.15) is 5.92 Å². The number of carboxylic acids is 1. The van der Waals surface area contributed by atoms with Crippen molar-refractivity contribution in [3.8, 4) is 0 Å². The predicted molar refractivity (Wildman–Crippen MR) is 59.4 cm³/mol. The maximum Gasteiger partial charge on any atom is 0.316 e. The van der Waals surface area contributed by atoms with Crippen LogP contribution in [0.4, 0.5) is 0 Å². The smallest absolute Gasteiger partial charge is 0.316 e. The number of hydrogen-bond acceptors (Lipinski definition) is 2. The van der Waals surface area contributed by atoms with E-state index in [9.17, 15) is 9.59 Å². The van der Waals surface area contributed by atoms with Crippen LogP contribution in [0.15, 0.2) is 10.2 Å². The van der Waals surface area contributed by atoms with Gasteiger partial charge in [0.05, 0.1) is 0 Å². The summed E-state index contributed by atoms with van der Waals surface area (Å²) in [5, 5.41) is 8.92. The summed E-state index contributed by atoms with van der Waals surface area (Å²) in [7, 11) is 0. The second-order valence-electron chi connectivity index (χ2n) is 3.89.